The monoisotopic (exact) mass is 256 g/mol. The van der Waals surface area contributed by atoms with Gasteiger partial charge in [-0.25, -0.2) is 0 Å². The van der Waals surface area contributed by atoms with Crippen molar-refractivity contribution in [3.63, 3.8) is 0 Å². The standard InChI is InChI=1S/C14H28N2O2/c1-11(16(4)14(2,3)10-17)13(18)15-12-8-6-5-7-9-12/h11-12,17H,5-10H2,1-4H3,(H,15,18). The van der Waals surface area contributed by atoms with Crippen LogP contribution in [0, 0.1) is 0 Å². The average Bonchev–Trinajstić information content (AvgIpc) is 2.38. The summed E-state index contributed by atoms with van der Waals surface area (Å²) in [5.74, 6) is 0.0749. The number of hydrogen-bond donors (Lipinski definition) is 2. The molecule has 1 aliphatic rings. The van der Waals surface area contributed by atoms with E-state index in [2.05, 4.69) is 5.32 Å². The SMILES string of the molecule is CC(C(=O)NC1CCCCC1)N(C)C(C)(C)CO. The lowest BCUT2D eigenvalue weighted by molar-refractivity contribution is -0.128. The molecule has 106 valence electrons. The molecule has 1 saturated carbocycles. The lowest BCUT2D eigenvalue weighted by Crippen LogP contribution is -2.55. The van der Waals surface area contributed by atoms with Crippen LogP contribution in [0.25, 0.3) is 0 Å². The number of likely N-dealkylation sites (N-methyl/N-ethyl adjacent to an activating group) is 1. The van der Waals surface area contributed by atoms with E-state index in [9.17, 15) is 9.90 Å². The maximum absolute atomic E-state index is 12.2. The molecule has 0 radical (unpaired) electrons. The van der Waals surface area contributed by atoms with Crippen molar-refractivity contribution >= 4 is 5.91 Å². The van der Waals surface area contributed by atoms with Crippen molar-refractivity contribution in [3.05, 3.63) is 0 Å². The van der Waals surface area contributed by atoms with Gasteiger partial charge in [0, 0.05) is 11.6 Å². The second-order valence-corrected chi connectivity index (χ2v) is 6.10. The average molecular weight is 256 g/mol. The first kappa shape index (κ1) is 15.4. The zero-order chi connectivity index (χ0) is 13.8. The zero-order valence-electron chi connectivity index (χ0n) is 12.2. The highest BCUT2D eigenvalue weighted by molar-refractivity contribution is 5.81. The first-order chi connectivity index (χ1) is 8.38. The highest BCUT2D eigenvalue weighted by Crippen LogP contribution is 2.19. The zero-order valence-corrected chi connectivity index (χ0v) is 12.2. The van der Waals surface area contributed by atoms with Gasteiger partial charge in [-0.3, -0.25) is 9.69 Å². The first-order valence-corrected chi connectivity index (χ1v) is 7.02. The van der Waals surface area contributed by atoms with E-state index in [1.54, 1.807) is 0 Å². The summed E-state index contributed by atoms with van der Waals surface area (Å²) in [6, 6.07) is 0.133. The van der Waals surface area contributed by atoms with Gasteiger partial charge in [-0.15, -0.1) is 0 Å². The number of aliphatic hydroxyl groups excluding tert-OH is 1. The largest absolute Gasteiger partial charge is 0.394 e. The van der Waals surface area contributed by atoms with Crippen LogP contribution in [-0.4, -0.2) is 47.2 Å². The molecule has 0 aromatic carbocycles. The molecule has 0 aromatic heterocycles. The van der Waals surface area contributed by atoms with E-state index in [0.717, 1.165) is 12.8 Å². The van der Waals surface area contributed by atoms with Gasteiger partial charge in [-0.2, -0.15) is 0 Å². The van der Waals surface area contributed by atoms with Crippen LogP contribution in [0.15, 0.2) is 0 Å². The lowest BCUT2D eigenvalue weighted by atomic mass is 9.95. The summed E-state index contributed by atoms with van der Waals surface area (Å²) in [7, 11) is 1.89. The van der Waals surface area contributed by atoms with Gasteiger partial charge in [0.15, 0.2) is 0 Å². The van der Waals surface area contributed by atoms with Crippen molar-refractivity contribution in [2.45, 2.75) is 70.5 Å². The first-order valence-electron chi connectivity index (χ1n) is 7.02. The molecule has 4 nitrogen and oxygen atoms in total. The number of aliphatic hydroxyl groups is 1. The van der Waals surface area contributed by atoms with Gasteiger partial charge < -0.3 is 10.4 Å². The normalized spacial score (nSPS) is 19.9. The fraction of sp³-hybridized carbons (Fsp3) is 0.929. The van der Waals surface area contributed by atoms with E-state index in [-0.39, 0.29) is 24.1 Å². The maximum Gasteiger partial charge on any atom is 0.237 e. The van der Waals surface area contributed by atoms with Gasteiger partial charge in [-0.1, -0.05) is 19.3 Å². The summed E-state index contributed by atoms with van der Waals surface area (Å²) in [6.07, 6.45) is 5.94. The maximum atomic E-state index is 12.2. The Morgan fingerprint density at radius 1 is 1.39 bits per heavy atom. The number of carbonyl (C=O) groups excluding carboxylic acids is 1. The van der Waals surface area contributed by atoms with Crippen LogP contribution < -0.4 is 5.32 Å². The Hall–Kier alpha value is -0.610. The number of rotatable bonds is 5. The van der Waals surface area contributed by atoms with Crippen LogP contribution in [-0.2, 0) is 4.79 Å². The van der Waals surface area contributed by atoms with Crippen molar-refractivity contribution in [3.8, 4) is 0 Å². The quantitative estimate of drug-likeness (QED) is 0.784. The summed E-state index contributed by atoms with van der Waals surface area (Å²) in [5, 5.41) is 12.5. The number of nitrogens with one attached hydrogen (secondary N) is 1. The molecule has 1 rings (SSSR count). The molecular weight excluding hydrogens is 228 g/mol. The van der Waals surface area contributed by atoms with Gasteiger partial charge in [0.2, 0.25) is 5.91 Å². The van der Waals surface area contributed by atoms with Crippen LogP contribution >= 0.6 is 0 Å². The summed E-state index contributed by atoms with van der Waals surface area (Å²) < 4.78 is 0. The molecular formula is C14H28N2O2. The van der Waals surface area contributed by atoms with Crippen molar-refractivity contribution < 1.29 is 9.90 Å². The fourth-order valence-corrected chi connectivity index (χ4v) is 2.38. The number of hydrogen-bond acceptors (Lipinski definition) is 3. The third-order valence-corrected chi connectivity index (χ3v) is 4.25. The minimum Gasteiger partial charge on any atom is -0.394 e. The molecule has 4 heteroatoms. The molecule has 2 N–H and O–H groups in total. The Labute approximate surface area is 111 Å². The Balaban J connectivity index is 2.49. The predicted octanol–water partition coefficient (Wildman–Crippen LogP) is 1.53. The number of nitrogens with zero attached hydrogens (tertiary/aromatic N) is 1. The Morgan fingerprint density at radius 3 is 2.44 bits per heavy atom. The molecule has 1 fully saturated rings. The molecule has 0 spiro atoms. The van der Waals surface area contributed by atoms with Gasteiger partial charge in [-0.05, 0) is 40.7 Å². The molecule has 18 heavy (non-hydrogen) atoms. The summed E-state index contributed by atoms with van der Waals surface area (Å²) in [6.45, 7) is 5.83. The molecule has 0 bridgehead atoms. The third kappa shape index (κ3) is 3.95. The summed E-state index contributed by atoms with van der Waals surface area (Å²) in [4.78, 5) is 14.1. The van der Waals surface area contributed by atoms with Crippen LogP contribution in [0.5, 0.6) is 0 Å². The Kier molecular flexibility index (Phi) is 5.60. The van der Waals surface area contributed by atoms with Crippen LogP contribution in [0.2, 0.25) is 0 Å². The van der Waals surface area contributed by atoms with Crippen molar-refractivity contribution in [1.82, 2.24) is 10.2 Å². The van der Waals surface area contributed by atoms with E-state index >= 15 is 0 Å². The topological polar surface area (TPSA) is 52.6 Å². The van der Waals surface area contributed by atoms with Gasteiger partial charge in [0.25, 0.3) is 0 Å². The molecule has 0 heterocycles. The van der Waals surface area contributed by atoms with Gasteiger partial charge >= 0.3 is 0 Å². The van der Waals surface area contributed by atoms with E-state index in [4.69, 9.17) is 0 Å². The Bertz CT molecular complexity index is 273. The highest BCUT2D eigenvalue weighted by Gasteiger charge is 2.31. The second-order valence-electron chi connectivity index (χ2n) is 6.10. The van der Waals surface area contributed by atoms with Crippen LogP contribution in [0.3, 0.4) is 0 Å². The minimum absolute atomic E-state index is 0.0462. The molecule has 0 saturated heterocycles. The van der Waals surface area contributed by atoms with E-state index < -0.39 is 0 Å². The minimum atomic E-state index is -0.372. The molecule has 0 aromatic rings. The lowest BCUT2D eigenvalue weighted by Gasteiger charge is -2.38. The third-order valence-electron chi connectivity index (χ3n) is 4.25. The van der Waals surface area contributed by atoms with Crippen molar-refractivity contribution in [2.24, 2.45) is 0 Å². The molecule has 1 aliphatic carbocycles. The number of amides is 1. The smallest absolute Gasteiger partial charge is 0.237 e. The fourth-order valence-electron chi connectivity index (χ4n) is 2.38. The van der Waals surface area contributed by atoms with Crippen molar-refractivity contribution in [1.29, 1.82) is 0 Å². The van der Waals surface area contributed by atoms with Crippen LogP contribution in [0.4, 0.5) is 0 Å². The molecule has 1 atom stereocenters. The number of carbonyl (C=O) groups is 1. The van der Waals surface area contributed by atoms with E-state index in [1.165, 1.54) is 19.3 Å². The predicted molar refractivity (Wildman–Crippen MR) is 73.4 cm³/mol. The second kappa shape index (κ2) is 6.53. The van der Waals surface area contributed by atoms with Gasteiger partial charge in [0.1, 0.15) is 0 Å². The van der Waals surface area contributed by atoms with Crippen molar-refractivity contribution in [2.75, 3.05) is 13.7 Å². The van der Waals surface area contributed by atoms with Crippen LogP contribution in [0.1, 0.15) is 52.9 Å². The van der Waals surface area contributed by atoms with Gasteiger partial charge in [0.05, 0.1) is 12.6 Å². The summed E-state index contributed by atoms with van der Waals surface area (Å²) >= 11 is 0. The van der Waals surface area contributed by atoms with E-state index in [1.807, 2.05) is 32.7 Å². The molecule has 0 aliphatic heterocycles. The Morgan fingerprint density at radius 2 is 1.94 bits per heavy atom. The van der Waals surface area contributed by atoms with E-state index in [0.29, 0.717) is 6.04 Å². The highest BCUT2D eigenvalue weighted by atomic mass is 16.3. The molecule has 1 amide bonds. The summed E-state index contributed by atoms with van der Waals surface area (Å²) in [5.41, 5.74) is -0.372. The molecule has 1 unspecified atom stereocenters.